The van der Waals surface area contributed by atoms with Crippen LogP contribution in [-0.4, -0.2) is 44.5 Å². The molecule has 36 heavy (non-hydrogen) atoms. The number of fused-ring (bicyclic) bond motifs is 3. The Morgan fingerprint density at radius 3 is 2.81 bits per heavy atom. The Labute approximate surface area is 205 Å². The molecule has 6 heterocycles. The lowest BCUT2D eigenvalue weighted by Gasteiger charge is -2.32. The van der Waals surface area contributed by atoms with Gasteiger partial charge in [0.1, 0.15) is 29.7 Å². The molecule has 1 aromatic carbocycles. The van der Waals surface area contributed by atoms with Crippen molar-refractivity contribution in [3.8, 4) is 28.4 Å². The first kappa shape index (κ1) is 21.3. The third kappa shape index (κ3) is 3.25. The van der Waals surface area contributed by atoms with Crippen LogP contribution in [0.15, 0.2) is 58.0 Å². The second-order valence-corrected chi connectivity index (χ2v) is 9.59. The van der Waals surface area contributed by atoms with Crippen LogP contribution in [-0.2, 0) is 17.9 Å². The van der Waals surface area contributed by atoms with Gasteiger partial charge >= 0.3 is 5.69 Å². The van der Waals surface area contributed by atoms with E-state index in [9.17, 15) is 9.18 Å². The zero-order valence-electron chi connectivity index (χ0n) is 19.5. The summed E-state index contributed by atoms with van der Waals surface area (Å²) < 4.78 is 32.1. The van der Waals surface area contributed by atoms with Gasteiger partial charge in [0, 0.05) is 42.4 Å². The quantitative estimate of drug-likeness (QED) is 0.423. The number of aryl methyl sites for hydroxylation is 1. The number of rotatable bonds is 5. The summed E-state index contributed by atoms with van der Waals surface area (Å²) in [5.41, 5.74) is 3.05. The van der Waals surface area contributed by atoms with Gasteiger partial charge in [-0.2, -0.15) is 4.98 Å². The maximum Gasteiger partial charge on any atom is 0.349 e. The average Bonchev–Trinajstić information content (AvgIpc) is 3.63. The standard InChI is InChI=1S/C26H22FN5O4/c1-15-20(24(30-36-15)16-2-5-18(27)6-3-16)12-34-22-7-4-17(10-28-22)21-8-23-31(25(33)29-21)13-26-9-19(35-14-26)11-32(23)26/h2-8,10,19H,9,11-14H2,1H3/t19-,26+/m0/s1. The molecule has 3 aliphatic heterocycles. The maximum atomic E-state index is 13.3. The summed E-state index contributed by atoms with van der Waals surface area (Å²) in [5.74, 6) is 1.61. The molecule has 0 aliphatic carbocycles. The zero-order valence-corrected chi connectivity index (χ0v) is 19.5. The summed E-state index contributed by atoms with van der Waals surface area (Å²) in [6.07, 6.45) is 2.84. The number of nitrogens with zero attached hydrogens (tertiary/aromatic N) is 5. The normalized spacial score (nSPS) is 21.6. The van der Waals surface area contributed by atoms with Crippen molar-refractivity contribution in [3.63, 3.8) is 0 Å². The Kier molecular flexibility index (Phi) is 4.56. The van der Waals surface area contributed by atoms with Crippen molar-refractivity contribution in [3.05, 3.63) is 76.3 Å². The molecule has 182 valence electrons. The lowest BCUT2D eigenvalue weighted by Crippen LogP contribution is -2.46. The Bertz CT molecular complexity index is 1530. The molecular formula is C26H22FN5O4. The van der Waals surface area contributed by atoms with E-state index in [0.29, 0.717) is 36.2 Å². The smallest absolute Gasteiger partial charge is 0.349 e. The third-order valence-corrected chi connectivity index (χ3v) is 7.37. The molecule has 4 aromatic rings. The minimum absolute atomic E-state index is 0.111. The van der Waals surface area contributed by atoms with Gasteiger partial charge in [-0.25, -0.2) is 14.2 Å². The fourth-order valence-corrected chi connectivity index (χ4v) is 5.52. The number of halogens is 1. The molecule has 0 radical (unpaired) electrons. The van der Waals surface area contributed by atoms with Crippen LogP contribution in [0.1, 0.15) is 17.7 Å². The lowest BCUT2D eigenvalue weighted by atomic mass is 10.0. The largest absolute Gasteiger partial charge is 0.473 e. The minimum atomic E-state index is -0.317. The van der Waals surface area contributed by atoms with E-state index in [-0.39, 0.29) is 29.8 Å². The van der Waals surface area contributed by atoms with Gasteiger partial charge in [-0.05, 0) is 37.3 Å². The first-order chi connectivity index (χ1) is 17.5. The number of morpholine rings is 1. The van der Waals surface area contributed by atoms with E-state index >= 15 is 0 Å². The van der Waals surface area contributed by atoms with Gasteiger partial charge in [-0.3, -0.25) is 4.57 Å². The van der Waals surface area contributed by atoms with Gasteiger partial charge in [-0.15, -0.1) is 0 Å². The van der Waals surface area contributed by atoms with Crippen molar-refractivity contribution in [2.45, 2.75) is 38.1 Å². The second-order valence-electron chi connectivity index (χ2n) is 9.59. The summed E-state index contributed by atoms with van der Waals surface area (Å²) in [7, 11) is 0. The lowest BCUT2D eigenvalue weighted by molar-refractivity contribution is 0.0856. The number of pyridine rings is 1. The number of hydrogen-bond donors (Lipinski definition) is 0. The number of anilines is 1. The number of aromatic nitrogens is 4. The molecule has 7 rings (SSSR count). The molecule has 0 N–H and O–H groups in total. The fraction of sp³-hybridized carbons (Fsp3) is 0.308. The van der Waals surface area contributed by atoms with E-state index in [1.54, 1.807) is 35.9 Å². The van der Waals surface area contributed by atoms with Crippen LogP contribution in [0, 0.1) is 12.7 Å². The molecule has 0 unspecified atom stereocenters. The molecule has 3 aliphatic rings. The monoisotopic (exact) mass is 487 g/mol. The van der Waals surface area contributed by atoms with Gasteiger partial charge in [0.15, 0.2) is 0 Å². The first-order valence-corrected chi connectivity index (χ1v) is 11.8. The highest BCUT2D eigenvalue weighted by atomic mass is 19.1. The van der Waals surface area contributed by atoms with E-state index in [4.69, 9.17) is 14.0 Å². The van der Waals surface area contributed by atoms with Gasteiger partial charge in [-0.1, -0.05) is 5.16 Å². The van der Waals surface area contributed by atoms with Crippen molar-refractivity contribution >= 4 is 5.82 Å². The van der Waals surface area contributed by atoms with Crippen molar-refractivity contribution in [2.75, 3.05) is 18.1 Å². The molecular weight excluding hydrogens is 465 g/mol. The molecule has 0 saturated carbocycles. The molecule has 3 aromatic heterocycles. The summed E-state index contributed by atoms with van der Waals surface area (Å²) in [4.78, 5) is 23.8. The van der Waals surface area contributed by atoms with Crippen molar-refractivity contribution in [2.24, 2.45) is 0 Å². The van der Waals surface area contributed by atoms with Crippen LogP contribution in [0.3, 0.4) is 0 Å². The molecule has 2 saturated heterocycles. The zero-order chi connectivity index (χ0) is 24.4. The van der Waals surface area contributed by atoms with E-state index in [0.717, 1.165) is 35.5 Å². The molecule has 10 heteroatoms. The predicted octanol–water partition coefficient (Wildman–Crippen LogP) is 3.35. The predicted molar refractivity (Wildman–Crippen MR) is 127 cm³/mol. The molecule has 9 nitrogen and oxygen atoms in total. The van der Waals surface area contributed by atoms with Gasteiger partial charge in [0.2, 0.25) is 5.88 Å². The highest BCUT2D eigenvalue weighted by Gasteiger charge is 2.56. The first-order valence-electron chi connectivity index (χ1n) is 11.8. The molecule has 2 atom stereocenters. The summed E-state index contributed by atoms with van der Waals surface area (Å²) in [5, 5.41) is 4.11. The van der Waals surface area contributed by atoms with Crippen molar-refractivity contribution in [1.82, 2.24) is 19.7 Å². The van der Waals surface area contributed by atoms with Crippen LogP contribution in [0.4, 0.5) is 10.2 Å². The van der Waals surface area contributed by atoms with Gasteiger partial charge < -0.3 is 18.9 Å². The van der Waals surface area contributed by atoms with Crippen molar-refractivity contribution in [1.29, 1.82) is 0 Å². The van der Waals surface area contributed by atoms with Crippen LogP contribution < -0.4 is 15.3 Å². The second kappa shape index (κ2) is 7.72. The minimum Gasteiger partial charge on any atom is -0.473 e. The summed E-state index contributed by atoms with van der Waals surface area (Å²) in [6, 6.07) is 11.6. The molecule has 2 bridgehead atoms. The van der Waals surface area contributed by atoms with E-state index in [1.807, 2.05) is 12.1 Å². The highest BCUT2D eigenvalue weighted by Crippen LogP contribution is 2.46. The van der Waals surface area contributed by atoms with Crippen molar-refractivity contribution < 1.29 is 18.4 Å². The topological polar surface area (TPSA) is 95.5 Å². The fourth-order valence-electron chi connectivity index (χ4n) is 5.52. The molecule has 2 fully saturated rings. The Morgan fingerprint density at radius 2 is 2.03 bits per heavy atom. The van der Waals surface area contributed by atoms with Crippen LogP contribution in [0.5, 0.6) is 5.88 Å². The number of ether oxygens (including phenoxy) is 2. The Hall–Kier alpha value is -4.05. The number of benzene rings is 1. The molecule has 0 amide bonds. The van der Waals surface area contributed by atoms with Crippen LogP contribution in [0.25, 0.3) is 22.5 Å². The van der Waals surface area contributed by atoms with E-state index < -0.39 is 0 Å². The van der Waals surface area contributed by atoms with Gasteiger partial charge in [0.25, 0.3) is 0 Å². The number of hydrogen-bond acceptors (Lipinski definition) is 8. The van der Waals surface area contributed by atoms with E-state index in [1.165, 1.54) is 12.1 Å². The Morgan fingerprint density at radius 1 is 1.19 bits per heavy atom. The highest BCUT2D eigenvalue weighted by molar-refractivity contribution is 5.65. The molecule has 1 spiro atoms. The van der Waals surface area contributed by atoms with Crippen LogP contribution >= 0.6 is 0 Å². The summed E-state index contributed by atoms with van der Waals surface area (Å²) >= 11 is 0. The van der Waals surface area contributed by atoms with Gasteiger partial charge in [0.05, 0.1) is 36.1 Å². The Balaban J connectivity index is 1.11. The maximum absolute atomic E-state index is 13.3. The SMILES string of the molecule is Cc1onc(-c2ccc(F)cc2)c1COc1ccc(-c2cc3n(c(=O)n2)C[C@]24CO[C@H](CN32)C4)cn1. The summed E-state index contributed by atoms with van der Waals surface area (Å²) in [6.45, 7) is 4.06. The van der Waals surface area contributed by atoms with Crippen LogP contribution in [0.2, 0.25) is 0 Å². The van der Waals surface area contributed by atoms with E-state index in [2.05, 4.69) is 20.0 Å². The third-order valence-electron chi connectivity index (χ3n) is 7.37. The average molecular weight is 487 g/mol.